The third kappa shape index (κ3) is 2.10. The normalized spacial score (nSPS) is 10.7. The van der Waals surface area contributed by atoms with Crippen molar-refractivity contribution in [2.24, 2.45) is 0 Å². The molecule has 0 fully saturated rings. The maximum atomic E-state index is 12.5. The van der Waals surface area contributed by atoms with E-state index in [1.807, 2.05) is 0 Å². The van der Waals surface area contributed by atoms with Gasteiger partial charge in [-0.1, -0.05) is 11.6 Å². The molecule has 1 aromatic carbocycles. The second-order valence-corrected chi connectivity index (χ2v) is 3.48. The Morgan fingerprint density at radius 1 is 1.43 bits per heavy atom. The second-order valence-electron chi connectivity index (χ2n) is 3.07. The van der Waals surface area contributed by atoms with Crippen LogP contribution in [-0.4, -0.2) is 5.78 Å². The fourth-order valence-corrected chi connectivity index (χ4v) is 1.73. The van der Waals surface area contributed by atoms with Crippen molar-refractivity contribution in [1.82, 2.24) is 0 Å². The van der Waals surface area contributed by atoms with Crippen LogP contribution < -0.4 is 0 Å². The van der Waals surface area contributed by atoms with Gasteiger partial charge in [0.2, 0.25) is 0 Å². The minimum atomic E-state index is -2.67. The lowest BCUT2D eigenvalue weighted by Gasteiger charge is -2.09. The van der Waals surface area contributed by atoms with Crippen LogP contribution in [0.1, 0.15) is 34.8 Å². The van der Waals surface area contributed by atoms with E-state index in [0.717, 1.165) is 0 Å². The largest absolute Gasteiger partial charge is 0.294 e. The quantitative estimate of drug-likeness (QED) is 0.691. The van der Waals surface area contributed by atoms with E-state index in [1.54, 1.807) is 6.92 Å². The van der Waals surface area contributed by atoms with Gasteiger partial charge in [-0.2, -0.15) is 0 Å². The van der Waals surface area contributed by atoms with Crippen molar-refractivity contribution < 1.29 is 13.6 Å². The first-order chi connectivity index (χ1) is 6.43. The fourth-order valence-electron chi connectivity index (χ4n) is 1.31. The molecule has 0 unspecified atom stereocenters. The number of hydrogen-bond donors (Lipinski definition) is 0. The lowest BCUT2D eigenvalue weighted by molar-refractivity contribution is 0.0999. The second kappa shape index (κ2) is 4.05. The molecule has 0 atom stereocenters. The first-order valence-corrected chi connectivity index (χ1v) is 4.40. The van der Waals surface area contributed by atoms with Crippen LogP contribution >= 0.6 is 11.6 Å². The van der Waals surface area contributed by atoms with Crippen molar-refractivity contribution in [2.45, 2.75) is 20.3 Å². The molecule has 76 valence electrons. The van der Waals surface area contributed by atoms with Crippen molar-refractivity contribution in [1.29, 1.82) is 0 Å². The third-order valence-electron chi connectivity index (χ3n) is 1.85. The zero-order valence-electron chi connectivity index (χ0n) is 7.77. The molecule has 0 radical (unpaired) electrons. The zero-order chi connectivity index (χ0) is 10.9. The van der Waals surface area contributed by atoms with Gasteiger partial charge in [0.1, 0.15) is 0 Å². The Balaban J connectivity index is 3.44. The van der Waals surface area contributed by atoms with Crippen LogP contribution in [0.25, 0.3) is 0 Å². The molecular weight excluding hydrogens is 210 g/mol. The topological polar surface area (TPSA) is 17.1 Å². The molecular formula is C10H9ClF2O. The fraction of sp³-hybridized carbons (Fsp3) is 0.300. The van der Waals surface area contributed by atoms with Crippen LogP contribution in [0.5, 0.6) is 0 Å². The SMILES string of the molecule is CC(=O)c1c(Cl)cc(C)cc1C(F)F. The summed E-state index contributed by atoms with van der Waals surface area (Å²) >= 11 is 5.72. The van der Waals surface area contributed by atoms with Gasteiger partial charge in [0.25, 0.3) is 6.43 Å². The highest BCUT2D eigenvalue weighted by atomic mass is 35.5. The summed E-state index contributed by atoms with van der Waals surface area (Å²) in [5.41, 5.74) is 0.255. The molecule has 0 bridgehead atoms. The van der Waals surface area contributed by atoms with Crippen LogP contribution in [0.2, 0.25) is 5.02 Å². The van der Waals surface area contributed by atoms with Gasteiger partial charge in [0, 0.05) is 11.1 Å². The van der Waals surface area contributed by atoms with Crippen molar-refractivity contribution in [3.8, 4) is 0 Å². The van der Waals surface area contributed by atoms with Gasteiger partial charge in [-0.25, -0.2) is 8.78 Å². The summed E-state index contributed by atoms with van der Waals surface area (Å²) in [4.78, 5) is 11.1. The van der Waals surface area contributed by atoms with Crippen molar-refractivity contribution in [3.05, 3.63) is 33.8 Å². The molecule has 0 aliphatic heterocycles. The molecule has 0 saturated carbocycles. The van der Waals surface area contributed by atoms with E-state index < -0.39 is 12.2 Å². The van der Waals surface area contributed by atoms with Gasteiger partial charge < -0.3 is 0 Å². The molecule has 0 aliphatic rings. The Labute approximate surface area is 85.7 Å². The summed E-state index contributed by atoms with van der Waals surface area (Å²) in [5, 5.41) is 0.0906. The highest BCUT2D eigenvalue weighted by Crippen LogP contribution is 2.30. The maximum absolute atomic E-state index is 12.5. The molecule has 0 amide bonds. The summed E-state index contributed by atoms with van der Waals surface area (Å²) in [7, 11) is 0. The molecule has 1 rings (SSSR count). The van der Waals surface area contributed by atoms with Crippen molar-refractivity contribution >= 4 is 17.4 Å². The molecule has 0 spiro atoms. The highest BCUT2D eigenvalue weighted by molar-refractivity contribution is 6.34. The lowest BCUT2D eigenvalue weighted by atomic mass is 10.0. The van der Waals surface area contributed by atoms with Crippen molar-refractivity contribution in [3.63, 3.8) is 0 Å². The van der Waals surface area contributed by atoms with E-state index in [-0.39, 0.29) is 16.1 Å². The summed E-state index contributed by atoms with van der Waals surface area (Å²) in [6, 6.07) is 2.79. The van der Waals surface area contributed by atoms with Crippen LogP contribution in [0.3, 0.4) is 0 Å². The van der Waals surface area contributed by atoms with E-state index in [2.05, 4.69) is 0 Å². The number of rotatable bonds is 2. The molecule has 0 heterocycles. The number of alkyl halides is 2. The Kier molecular flexibility index (Phi) is 3.21. The molecule has 14 heavy (non-hydrogen) atoms. The smallest absolute Gasteiger partial charge is 0.264 e. The Morgan fingerprint density at radius 2 is 2.00 bits per heavy atom. The molecule has 0 aliphatic carbocycles. The van der Waals surface area contributed by atoms with Crippen LogP contribution in [-0.2, 0) is 0 Å². The van der Waals surface area contributed by atoms with Crippen LogP contribution in [0.4, 0.5) is 8.78 Å². The first kappa shape index (κ1) is 11.1. The number of benzene rings is 1. The summed E-state index contributed by atoms with van der Waals surface area (Å²) in [6.45, 7) is 2.88. The molecule has 0 saturated heterocycles. The van der Waals surface area contributed by atoms with Gasteiger partial charge in [0.05, 0.1) is 5.02 Å². The van der Waals surface area contributed by atoms with E-state index >= 15 is 0 Å². The lowest BCUT2D eigenvalue weighted by Crippen LogP contribution is -2.02. The average Bonchev–Trinajstić information content (AvgIpc) is 2.01. The van der Waals surface area contributed by atoms with Gasteiger partial charge >= 0.3 is 0 Å². The highest BCUT2D eigenvalue weighted by Gasteiger charge is 2.19. The van der Waals surface area contributed by atoms with Crippen molar-refractivity contribution in [2.75, 3.05) is 0 Å². The standard InChI is InChI=1S/C10H9ClF2O/c1-5-3-7(10(12)13)9(6(2)14)8(11)4-5/h3-4,10H,1-2H3. The van der Waals surface area contributed by atoms with Crippen LogP contribution in [0.15, 0.2) is 12.1 Å². The number of carbonyl (C=O) groups is 1. The first-order valence-electron chi connectivity index (χ1n) is 4.02. The van der Waals surface area contributed by atoms with Crippen LogP contribution in [0, 0.1) is 6.92 Å². The van der Waals surface area contributed by atoms with Gasteiger partial charge in [-0.3, -0.25) is 4.79 Å². The molecule has 1 nitrogen and oxygen atoms in total. The van der Waals surface area contributed by atoms with E-state index in [0.29, 0.717) is 5.56 Å². The summed E-state index contributed by atoms with van der Waals surface area (Å²) < 4.78 is 25.1. The summed E-state index contributed by atoms with van der Waals surface area (Å²) in [5.74, 6) is -0.440. The molecule has 4 heteroatoms. The molecule has 1 aromatic rings. The Hall–Kier alpha value is -0.960. The zero-order valence-corrected chi connectivity index (χ0v) is 8.53. The average molecular weight is 219 g/mol. The third-order valence-corrected chi connectivity index (χ3v) is 2.15. The van der Waals surface area contributed by atoms with E-state index in [4.69, 9.17) is 11.6 Å². The monoisotopic (exact) mass is 218 g/mol. The number of carbonyl (C=O) groups excluding carboxylic acids is 1. The Morgan fingerprint density at radius 3 is 2.43 bits per heavy atom. The molecule has 0 N–H and O–H groups in total. The predicted molar refractivity (Wildman–Crippen MR) is 51.2 cm³/mol. The number of Topliss-reactive ketones (excluding diaryl/α,β-unsaturated/α-hetero) is 1. The van der Waals surface area contributed by atoms with Gasteiger partial charge in [-0.15, -0.1) is 0 Å². The minimum absolute atomic E-state index is 0.0766. The van der Waals surface area contributed by atoms with Gasteiger partial charge in [0.15, 0.2) is 5.78 Å². The number of ketones is 1. The van der Waals surface area contributed by atoms with E-state index in [9.17, 15) is 13.6 Å². The molecule has 0 aromatic heterocycles. The van der Waals surface area contributed by atoms with E-state index in [1.165, 1.54) is 19.1 Å². The van der Waals surface area contributed by atoms with Gasteiger partial charge in [-0.05, 0) is 31.5 Å². The predicted octanol–water partition coefficient (Wildman–Crippen LogP) is 3.79. The summed E-state index contributed by atoms with van der Waals surface area (Å²) in [6.07, 6.45) is -2.67. The Bertz CT molecular complexity index is 375. The maximum Gasteiger partial charge on any atom is 0.264 e. The number of hydrogen-bond acceptors (Lipinski definition) is 1. The number of halogens is 3. The minimum Gasteiger partial charge on any atom is -0.294 e. The number of aryl methyl sites for hydroxylation is 1.